The van der Waals surface area contributed by atoms with Gasteiger partial charge < -0.3 is 0 Å². The van der Waals surface area contributed by atoms with Crippen molar-refractivity contribution < 1.29 is 0 Å². The molecule has 1 atom stereocenters. The molecule has 2 heteroatoms. The number of rotatable bonds is 2. The van der Waals surface area contributed by atoms with Crippen LogP contribution in [0.2, 0.25) is 0 Å². The van der Waals surface area contributed by atoms with Gasteiger partial charge in [0.2, 0.25) is 0 Å². The fourth-order valence-corrected chi connectivity index (χ4v) is 1.10. The lowest BCUT2D eigenvalue weighted by Gasteiger charge is -2.09. The van der Waals surface area contributed by atoms with Crippen LogP contribution < -0.4 is 0 Å². The van der Waals surface area contributed by atoms with E-state index in [0.717, 1.165) is 5.92 Å². The third-order valence-electron chi connectivity index (χ3n) is 1.11. The van der Waals surface area contributed by atoms with Crippen LogP contribution in [0.5, 0.6) is 0 Å². The van der Waals surface area contributed by atoms with Gasteiger partial charge in [0, 0.05) is 5.25 Å². The molecule has 0 radical (unpaired) electrons. The smallest absolute Gasteiger partial charge is 0.0143 e. The van der Waals surface area contributed by atoms with E-state index in [1.807, 2.05) is 0 Å². The van der Waals surface area contributed by atoms with Crippen LogP contribution in [0.3, 0.4) is 0 Å². The van der Waals surface area contributed by atoms with Gasteiger partial charge in [-0.3, -0.25) is 0 Å². The Labute approximate surface area is 54.9 Å². The predicted molar refractivity (Wildman–Crippen MR) is 40.9 cm³/mol. The van der Waals surface area contributed by atoms with Gasteiger partial charge in [-0.15, -0.1) is 11.7 Å². The molecule has 0 aliphatic heterocycles. The van der Waals surface area contributed by atoms with E-state index in [1.54, 1.807) is 10.8 Å². The standard InChI is InChI=1S/C5H12S2/c1-4(2)5(3)7-6/h4-6H,1-3H3. The fraction of sp³-hybridized carbons (Fsp3) is 1.00. The van der Waals surface area contributed by atoms with Gasteiger partial charge in [0.15, 0.2) is 0 Å². The van der Waals surface area contributed by atoms with Crippen LogP contribution in [0.15, 0.2) is 0 Å². The molecule has 0 heterocycles. The summed E-state index contributed by atoms with van der Waals surface area (Å²) in [7, 11) is 1.63. The van der Waals surface area contributed by atoms with Gasteiger partial charge >= 0.3 is 0 Å². The summed E-state index contributed by atoms with van der Waals surface area (Å²) in [6.45, 7) is 6.59. The fourth-order valence-electron chi connectivity index (χ4n) is 0.122. The van der Waals surface area contributed by atoms with Crippen molar-refractivity contribution in [2.45, 2.75) is 26.0 Å². The molecule has 0 N–H and O–H groups in total. The third-order valence-corrected chi connectivity index (χ3v) is 2.98. The second-order valence-corrected chi connectivity index (χ2v) is 3.64. The molecule has 7 heavy (non-hydrogen) atoms. The molecule has 0 aromatic carbocycles. The van der Waals surface area contributed by atoms with Gasteiger partial charge in [-0.1, -0.05) is 31.6 Å². The molecule has 0 amide bonds. The SMILES string of the molecule is CC(C)C(C)SS. The molecule has 0 aliphatic carbocycles. The second-order valence-electron chi connectivity index (χ2n) is 2.05. The van der Waals surface area contributed by atoms with Crippen LogP contribution in [0.1, 0.15) is 20.8 Å². The summed E-state index contributed by atoms with van der Waals surface area (Å²) in [6, 6.07) is 0. The monoisotopic (exact) mass is 136 g/mol. The minimum Gasteiger partial charge on any atom is -0.111 e. The highest BCUT2D eigenvalue weighted by Crippen LogP contribution is 2.20. The van der Waals surface area contributed by atoms with Crippen LogP contribution in [0.25, 0.3) is 0 Å². The quantitative estimate of drug-likeness (QED) is 0.450. The van der Waals surface area contributed by atoms with Crippen LogP contribution >= 0.6 is 22.5 Å². The molecular weight excluding hydrogens is 124 g/mol. The Morgan fingerprint density at radius 2 is 1.71 bits per heavy atom. The van der Waals surface area contributed by atoms with E-state index in [0.29, 0.717) is 5.25 Å². The highest BCUT2D eigenvalue weighted by molar-refractivity contribution is 8.68. The molecule has 0 rings (SSSR count). The highest BCUT2D eigenvalue weighted by Gasteiger charge is 2.02. The van der Waals surface area contributed by atoms with Crippen LogP contribution in [0, 0.1) is 5.92 Å². The van der Waals surface area contributed by atoms with E-state index in [4.69, 9.17) is 0 Å². The largest absolute Gasteiger partial charge is 0.111 e. The molecule has 0 nitrogen and oxygen atoms in total. The second kappa shape index (κ2) is 3.67. The minimum atomic E-state index is 0.684. The average molecular weight is 136 g/mol. The van der Waals surface area contributed by atoms with Crippen molar-refractivity contribution in [3.05, 3.63) is 0 Å². The van der Waals surface area contributed by atoms with Crippen molar-refractivity contribution in [1.29, 1.82) is 0 Å². The summed E-state index contributed by atoms with van der Waals surface area (Å²) in [5.41, 5.74) is 0. The molecule has 44 valence electrons. The van der Waals surface area contributed by atoms with Crippen LogP contribution in [-0.2, 0) is 0 Å². The van der Waals surface area contributed by atoms with Crippen molar-refractivity contribution in [3.8, 4) is 0 Å². The zero-order chi connectivity index (χ0) is 5.86. The van der Waals surface area contributed by atoms with Crippen LogP contribution in [-0.4, -0.2) is 5.25 Å². The van der Waals surface area contributed by atoms with Gasteiger partial charge in [-0.25, -0.2) is 0 Å². The Kier molecular flexibility index (Phi) is 4.04. The lowest BCUT2D eigenvalue weighted by molar-refractivity contribution is 0.645. The first-order chi connectivity index (χ1) is 3.18. The molecule has 1 unspecified atom stereocenters. The summed E-state index contributed by atoms with van der Waals surface area (Å²) in [6.07, 6.45) is 0. The van der Waals surface area contributed by atoms with Gasteiger partial charge in [-0.05, 0) is 5.92 Å². The first kappa shape index (κ1) is 7.70. The van der Waals surface area contributed by atoms with Crippen molar-refractivity contribution in [2.75, 3.05) is 0 Å². The van der Waals surface area contributed by atoms with Gasteiger partial charge in [-0.2, -0.15) is 0 Å². The maximum atomic E-state index is 4.07. The van der Waals surface area contributed by atoms with E-state index in [1.165, 1.54) is 0 Å². The molecule has 0 spiro atoms. The predicted octanol–water partition coefficient (Wildman–Crippen LogP) is 2.61. The Bertz CT molecular complexity index is 43.3. The third kappa shape index (κ3) is 3.30. The van der Waals surface area contributed by atoms with Gasteiger partial charge in [0.05, 0.1) is 0 Å². The molecular formula is C5H12S2. The molecule has 0 aromatic heterocycles. The summed E-state index contributed by atoms with van der Waals surface area (Å²) >= 11 is 4.07. The van der Waals surface area contributed by atoms with Gasteiger partial charge in [0.1, 0.15) is 0 Å². The van der Waals surface area contributed by atoms with E-state index in [2.05, 4.69) is 32.4 Å². The molecule has 0 aromatic rings. The Morgan fingerprint density at radius 3 is 1.71 bits per heavy atom. The molecule has 0 saturated carbocycles. The summed E-state index contributed by atoms with van der Waals surface area (Å²) in [4.78, 5) is 0. The lowest BCUT2D eigenvalue weighted by Crippen LogP contribution is -2.02. The summed E-state index contributed by atoms with van der Waals surface area (Å²) in [5, 5.41) is 0.684. The normalized spacial score (nSPS) is 15.0. The summed E-state index contributed by atoms with van der Waals surface area (Å²) < 4.78 is 0. The van der Waals surface area contributed by atoms with Crippen molar-refractivity contribution in [3.63, 3.8) is 0 Å². The van der Waals surface area contributed by atoms with Crippen molar-refractivity contribution in [1.82, 2.24) is 0 Å². The summed E-state index contributed by atoms with van der Waals surface area (Å²) in [5.74, 6) is 0.752. The number of thiol groups is 1. The average Bonchev–Trinajstić information content (AvgIpc) is 1.65. The first-order valence-corrected chi connectivity index (χ1v) is 4.42. The molecule has 0 aliphatic rings. The zero-order valence-corrected chi connectivity index (χ0v) is 6.72. The van der Waals surface area contributed by atoms with E-state index in [-0.39, 0.29) is 0 Å². The van der Waals surface area contributed by atoms with E-state index in [9.17, 15) is 0 Å². The van der Waals surface area contributed by atoms with Gasteiger partial charge in [0.25, 0.3) is 0 Å². The Hall–Kier alpha value is 0.700. The molecule has 0 bridgehead atoms. The number of hydrogen-bond acceptors (Lipinski definition) is 2. The highest BCUT2D eigenvalue weighted by atomic mass is 33.1. The Balaban J connectivity index is 3.14. The maximum absolute atomic E-state index is 4.07. The lowest BCUT2D eigenvalue weighted by atomic mass is 10.2. The van der Waals surface area contributed by atoms with Crippen LogP contribution in [0.4, 0.5) is 0 Å². The first-order valence-electron chi connectivity index (χ1n) is 2.48. The molecule has 0 fully saturated rings. The topological polar surface area (TPSA) is 0 Å². The maximum Gasteiger partial charge on any atom is 0.0143 e. The zero-order valence-electron chi connectivity index (χ0n) is 5.01. The van der Waals surface area contributed by atoms with E-state index >= 15 is 0 Å². The molecule has 0 saturated heterocycles. The van der Waals surface area contributed by atoms with E-state index < -0.39 is 0 Å². The minimum absolute atomic E-state index is 0.684. The Morgan fingerprint density at radius 1 is 1.29 bits per heavy atom. The van der Waals surface area contributed by atoms with Crippen molar-refractivity contribution >= 4 is 22.5 Å². The van der Waals surface area contributed by atoms with Crippen molar-refractivity contribution in [2.24, 2.45) is 5.92 Å². The number of hydrogen-bond donors (Lipinski definition) is 1.